The Morgan fingerprint density at radius 1 is 0.743 bits per heavy atom. The molecule has 4 nitrogen and oxygen atoms in total. The van der Waals surface area contributed by atoms with E-state index in [0.717, 1.165) is 56.7 Å². The van der Waals surface area contributed by atoms with E-state index in [1.165, 1.54) is 70.6 Å². The highest BCUT2D eigenvalue weighted by molar-refractivity contribution is 5.94. The number of nitrogens with two attached hydrogens (primary N) is 1. The summed E-state index contributed by atoms with van der Waals surface area (Å²) in [6, 6.07) is 8.01. The molecule has 4 heteroatoms. The van der Waals surface area contributed by atoms with Crippen molar-refractivity contribution in [1.29, 1.82) is 0 Å². The van der Waals surface area contributed by atoms with Crippen molar-refractivity contribution in [3.8, 4) is 0 Å². The highest BCUT2D eigenvalue weighted by atomic mass is 16.2. The Labute approximate surface area is 218 Å². The molecule has 35 heavy (non-hydrogen) atoms. The van der Waals surface area contributed by atoms with E-state index in [9.17, 15) is 4.79 Å². The fourth-order valence-electron chi connectivity index (χ4n) is 4.97. The van der Waals surface area contributed by atoms with Crippen LogP contribution < -0.4 is 10.6 Å². The van der Waals surface area contributed by atoms with Gasteiger partial charge < -0.3 is 15.5 Å². The second-order valence-corrected chi connectivity index (χ2v) is 10.4. The van der Waals surface area contributed by atoms with E-state index >= 15 is 0 Å². The van der Waals surface area contributed by atoms with Crippen LogP contribution >= 0.6 is 0 Å². The highest BCUT2D eigenvalue weighted by Crippen LogP contribution is 2.23. The summed E-state index contributed by atoms with van der Waals surface area (Å²) in [6.07, 6.45) is 20.0. The molecule has 1 aromatic rings. The van der Waals surface area contributed by atoms with Gasteiger partial charge in [-0.1, -0.05) is 97.8 Å². The summed E-state index contributed by atoms with van der Waals surface area (Å²) in [5.41, 5.74) is 7.63. The second-order valence-electron chi connectivity index (χ2n) is 10.4. The lowest BCUT2D eigenvalue weighted by atomic mass is 10.0. The zero-order valence-corrected chi connectivity index (χ0v) is 23.7. The number of benzene rings is 1. The fraction of sp³-hybridized carbons (Fsp3) is 0.774. The number of carbonyl (C=O) groups excluding carboxylic acids is 1. The Kier molecular flexibility index (Phi) is 18.5. The summed E-state index contributed by atoms with van der Waals surface area (Å²) in [7, 11) is 0. The van der Waals surface area contributed by atoms with Gasteiger partial charge in [-0.05, 0) is 70.1 Å². The molecule has 0 spiro atoms. The van der Waals surface area contributed by atoms with Crippen molar-refractivity contribution in [2.75, 3.05) is 30.3 Å². The molecule has 0 fully saturated rings. The van der Waals surface area contributed by atoms with Gasteiger partial charge in [0.15, 0.2) is 0 Å². The molecule has 0 aliphatic carbocycles. The first-order chi connectivity index (χ1) is 17.0. The molecule has 1 unspecified atom stereocenters. The van der Waals surface area contributed by atoms with E-state index in [-0.39, 0.29) is 11.9 Å². The van der Waals surface area contributed by atoms with Crippen molar-refractivity contribution in [1.82, 2.24) is 4.90 Å². The van der Waals surface area contributed by atoms with Gasteiger partial charge in [-0.25, -0.2) is 0 Å². The average Bonchev–Trinajstić information content (AvgIpc) is 2.86. The van der Waals surface area contributed by atoms with Crippen LogP contribution in [-0.4, -0.2) is 36.5 Å². The minimum absolute atomic E-state index is 0.198. The van der Waals surface area contributed by atoms with Crippen LogP contribution in [0, 0.1) is 0 Å². The minimum Gasteiger partial charge on any atom is -0.399 e. The van der Waals surface area contributed by atoms with Crippen molar-refractivity contribution in [2.24, 2.45) is 0 Å². The maximum absolute atomic E-state index is 13.3. The molecule has 202 valence electrons. The van der Waals surface area contributed by atoms with Gasteiger partial charge in [0.2, 0.25) is 5.91 Å². The number of nitrogen functional groups attached to an aromatic ring is 1. The molecule has 0 bridgehead atoms. The van der Waals surface area contributed by atoms with Crippen LogP contribution in [0.25, 0.3) is 0 Å². The van der Waals surface area contributed by atoms with E-state index < -0.39 is 0 Å². The van der Waals surface area contributed by atoms with E-state index in [1.54, 1.807) is 0 Å². The highest BCUT2D eigenvalue weighted by Gasteiger charge is 2.21. The Morgan fingerprint density at radius 2 is 1.23 bits per heavy atom. The molecule has 0 saturated carbocycles. The van der Waals surface area contributed by atoms with Crippen LogP contribution in [0.2, 0.25) is 0 Å². The summed E-state index contributed by atoms with van der Waals surface area (Å²) in [5.74, 6) is 0.258. The summed E-state index contributed by atoms with van der Waals surface area (Å²) in [5, 5.41) is 0. The molecular weight excluding hydrogens is 430 g/mol. The third kappa shape index (κ3) is 14.6. The van der Waals surface area contributed by atoms with Crippen LogP contribution in [0.3, 0.4) is 0 Å². The van der Waals surface area contributed by atoms with Crippen molar-refractivity contribution >= 4 is 17.3 Å². The number of carbonyl (C=O) groups is 1. The summed E-state index contributed by atoms with van der Waals surface area (Å²) in [6.45, 7) is 12.2. The first-order valence-corrected chi connectivity index (χ1v) is 14.9. The van der Waals surface area contributed by atoms with Crippen molar-refractivity contribution in [2.45, 2.75) is 136 Å². The Hall–Kier alpha value is -1.55. The fourth-order valence-corrected chi connectivity index (χ4v) is 4.97. The maximum Gasteiger partial charge on any atom is 0.227 e. The normalized spacial score (nSPS) is 12.3. The molecule has 0 aromatic heterocycles. The molecule has 0 aliphatic heterocycles. The maximum atomic E-state index is 13.3. The molecule has 0 radical (unpaired) electrons. The quantitative estimate of drug-likeness (QED) is 0.132. The second kappa shape index (κ2) is 20.6. The zero-order chi connectivity index (χ0) is 25.7. The smallest absolute Gasteiger partial charge is 0.227 e. The number of unbranched alkanes of at least 4 members (excludes halogenated alkanes) is 12. The van der Waals surface area contributed by atoms with E-state index in [0.29, 0.717) is 6.42 Å². The molecule has 1 rings (SSSR count). The lowest BCUT2D eigenvalue weighted by Crippen LogP contribution is -2.39. The summed E-state index contributed by atoms with van der Waals surface area (Å²) >= 11 is 0. The summed E-state index contributed by atoms with van der Waals surface area (Å²) < 4.78 is 0. The lowest BCUT2D eigenvalue weighted by Gasteiger charge is -2.30. The molecular formula is C31H57N3O. The van der Waals surface area contributed by atoms with E-state index in [2.05, 4.69) is 32.6 Å². The number of nitrogens with zero attached hydrogens (tertiary/aromatic N) is 2. The third-order valence-electron chi connectivity index (χ3n) is 7.37. The van der Waals surface area contributed by atoms with Gasteiger partial charge in [0.05, 0.1) is 0 Å². The van der Waals surface area contributed by atoms with Crippen LogP contribution in [0.15, 0.2) is 24.3 Å². The van der Waals surface area contributed by atoms with E-state index in [4.69, 9.17) is 5.73 Å². The van der Waals surface area contributed by atoms with Gasteiger partial charge in [0, 0.05) is 23.8 Å². The predicted octanol–water partition coefficient (Wildman–Crippen LogP) is 8.59. The van der Waals surface area contributed by atoms with E-state index in [1.807, 2.05) is 29.2 Å². The first-order valence-electron chi connectivity index (χ1n) is 14.9. The van der Waals surface area contributed by atoms with Crippen LogP contribution in [0.1, 0.15) is 130 Å². The van der Waals surface area contributed by atoms with Gasteiger partial charge in [0.25, 0.3) is 0 Å². The number of rotatable bonds is 22. The average molecular weight is 488 g/mol. The van der Waals surface area contributed by atoms with Gasteiger partial charge in [-0.3, -0.25) is 4.79 Å². The molecule has 1 aromatic carbocycles. The predicted molar refractivity (Wildman–Crippen MR) is 155 cm³/mol. The summed E-state index contributed by atoms with van der Waals surface area (Å²) in [4.78, 5) is 17.7. The Balaban J connectivity index is 2.34. The zero-order valence-electron chi connectivity index (χ0n) is 23.7. The molecule has 1 atom stereocenters. The standard InChI is InChI=1S/C31H57N3O/c1-5-8-9-10-11-12-13-14-15-16-17-18-19-22-31(35)34(30-25-23-29(32)24-26-30)28(4)21-20-27-33(6-2)7-3/h23-26,28H,5-22,27,32H2,1-4H3. The number of hydrogen-bond acceptors (Lipinski definition) is 3. The largest absolute Gasteiger partial charge is 0.399 e. The van der Waals surface area contributed by atoms with Crippen LogP contribution in [0.5, 0.6) is 0 Å². The first kappa shape index (κ1) is 31.5. The topological polar surface area (TPSA) is 49.6 Å². The van der Waals surface area contributed by atoms with Gasteiger partial charge in [-0.15, -0.1) is 0 Å². The van der Waals surface area contributed by atoms with Gasteiger partial charge in [0.1, 0.15) is 0 Å². The molecule has 1 amide bonds. The monoisotopic (exact) mass is 487 g/mol. The van der Waals surface area contributed by atoms with Gasteiger partial charge in [-0.2, -0.15) is 0 Å². The van der Waals surface area contributed by atoms with Crippen molar-refractivity contribution in [3.63, 3.8) is 0 Å². The number of anilines is 2. The minimum atomic E-state index is 0.198. The number of amides is 1. The Bertz CT molecular complexity index is 627. The van der Waals surface area contributed by atoms with Crippen molar-refractivity contribution in [3.05, 3.63) is 24.3 Å². The van der Waals surface area contributed by atoms with Crippen LogP contribution in [-0.2, 0) is 4.79 Å². The third-order valence-corrected chi connectivity index (χ3v) is 7.37. The Morgan fingerprint density at radius 3 is 1.71 bits per heavy atom. The van der Waals surface area contributed by atoms with Gasteiger partial charge >= 0.3 is 0 Å². The molecule has 2 N–H and O–H groups in total. The van der Waals surface area contributed by atoms with Crippen molar-refractivity contribution < 1.29 is 4.79 Å². The molecule has 0 aliphatic rings. The lowest BCUT2D eigenvalue weighted by molar-refractivity contribution is -0.119. The molecule has 0 saturated heterocycles. The number of hydrogen-bond donors (Lipinski definition) is 1. The molecule has 0 heterocycles. The van der Waals surface area contributed by atoms with Crippen LogP contribution in [0.4, 0.5) is 11.4 Å². The SMILES string of the molecule is CCCCCCCCCCCCCCCC(=O)N(c1ccc(N)cc1)C(C)CCCN(CC)CC.